The zero-order valence-corrected chi connectivity index (χ0v) is 16.0. The van der Waals surface area contributed by atoms with Crippen LogP contribution in [-0.2, 0) is 16.9 Å². The standard InChI is InChI=1S/C17H16N4O3S2/c1-21-16-10(9-18-21)4-7-14-15(16)20-17(25-14)19-12-8-11(26(3,22)23)5-6-13(12)24-2/h4-9H,1-3H3,(H,19,20). The van der Waals surface area contributed by atoms with Gasteiger partial charge >= 0.3 is 0 Å². The molecule has 2 aromatic carbocycles. The molecule has 0 amide bonds. The van der Waals surface area contributed by atoms with E-state index in [9.17, 15) is 8.42 Å². The molecule has 0 saturated carbocycles. The van der Waals surface area contributed by atoms with Crippen molar-refractivity contribution in [2.75, 3.05) is 18.7 Å². The number of aryl methyl sites for hydroxylation is 1. The minimum Gasteiger partial charge on any atom is -0.495 e. The lowest BCUT2D eigenvalue weighted by Crippen LogP contribution is -2.00. The Hall–Kier alpha value is -2.65. The zero-order valence-electron chi connectivity index (χ0n) is 14.3. The molecule has 0 bridgehead atoms. The number of ether oxygens (including phenoxy) is 1. The van der Waals surface area contributed by atoms with Crippen molar-refractivity contribution in [2.24, 2.45) is 7.05 Å². The van der Waals surface area contributed by atoms with Gasteiger partial charge in [-0.15, -0.1) is 0 Å². The van der Waals surface area contributed by atoms with Crippen LogP contribution in [0.15, 0.2) is 41.4 Å². The van der Waals surface area contributed by atoms with E-state index in [-0.39, 0.29) is 4.90 Å². The highest BCUT2D eigenvalue weighted by molar-refractivity contribution is 7.90. The number of nitrogens with zero attached hydrogens (tertiary/aromatic N) is 3. The van der Waals surface area contributed by atoms with Crippen LogP contribution in [0.1, 0.15) is 0 Å². The van der Waals surface area contributed by atoms with Gasteiger partial charge in [0.05, 0.1) is 34.1 Å². The van der Waals surface area contributed by atoms with Crippen molar-refractivity contribution in [1.29, 1.82) is 0 Å². The first kappa shape index (κ1) is 16.8. The Balaban J connectivity index is 1.82. The molecule has 0 saturated heterocycles. The summed E-state index contributed by atoms with van der Waals surface area (Å²) in [4.78, 5) is 4.90. The number of thiazole rings is 1. The third kappa shape index (κ3) is 2.78. The molecule has 0 aliphatic heterocycles. The Morgan fingerprint density at radius 2 is 2.04 bits per heavy atom. The molecule has 7 nitrogen and oxygen atoms in total. The number of nitrogens with one attached hydrogen (secondary N) is 1. The summed E-state index contributed by atoms with van der Waals surface area (Å²) in [6.45, 7) is 0. The van der Waals surface area contributed by atoms with Gasteiger partial charge in [-0.1, -0.05) is 11.3 Å². The lowest BCUT2D eigenvalue weighted by atomic mass is 10.2. The number of aromatic nitrogens is 3. The molecule has 134 valence electrons. The number of fused-ring (bicyclic) bond motifs is 3. The summed E-state index contributed by atoms with van der Waals surface area (Å²) in [5, 5.41) is 9.14. The third-order valence-corrected chi connectivity index (χ3v) is 6.15. The first-order chi connectivity index (χ1) is 12.4. The van der Waals surface area contributed by atoms with Crippen molar-refractivity contribution < 1.29 is 13.2 Å². The van der Waals surface area contributed by atoms with Gasteiger partial charge in [-0.2, -0.15) is 5.10 Å². The van der Waals surface area contributed by atoms with Gasteiger partial charge in [0, 0.05) is 18.7 Å². The van der Waals surface area contributed by atoms with E-state index < -0.39 is 9.84 Å². The fourth-order valence-electron chi connectivity index (χ4n) is 2.83. The van der Waals surface area contributed by atoms with Crippen LogP contribution in [0.3, 0.4) is 0 Å². The predicted octanol–water partition coefficient (Wildman–Crippen LogP) is 3.34. The molecule has 1 N–H and O–H groups in total. The molecule has 0 unspecified atom stereocenters. The van der Waals surface area contributed by atoms with Crippen LogP contribution < -0.4 is 10.1 Å². The maximum absolute atomic E-state index is 11.8. The van der Waals surface area contributed by atoms with E-state index in [1.165, 1.54) is 30.8 Å². The van der Waals surface area contributed by atoms with Gasteiger partial charge < -0.3 is 10.1 Å². The summed E-state index contributed by atoms with van der Waals surface area (Å²) in [6, 6.07) is 8.73. The molecule has 2 heterocycles. The number of hydrogen-bond acceptors (Lipinski definition) is 7. The number of hydrogen-bond donors (Lipinski definition) is 1. The van der Waals surface area contributed by atoms with Gasteiger partial charge in [0.2, 0.25) is 0 Å². The quantitative estimate of drug-likeness (QED) is 0.577. The summed E-state index contributed by atoms with van der Waals surface area (Å²) in [6.07, 6.45) is 2.98. The van der Waals surface area contributed by atoms with Gasteiger partial charge in [-0.25, -0.2) is 13.4 Å². The van der Waals surface area contributed by atoms with Crippen LogP contribution in [-0.4, -0.2) is 36.5 Å². The van der Waals surface area contributed by atoms with Crippen molar-refractivity contribution in [1.82, 2.24) is 14.8 Å². The van der Waals surface area contributed by atoms with E-state index in [1.54, 1.807) is 23.0 Å². The fraction of sp³-hybridized carbons (Fsp3) is 0.176. The van der Waals surface area contributed by atoms with E-state index >= 15 is 0 Å². The summed E-state index contributed by atoms with van der Waals surface area (Å²) in [5.41, 5.74) is 2.37. The van der Waals surface area contributed by atoms with Crippen LogP contribution >= 0.6 is 11.3 Å². The molecule has 4 rings (SSSR count). The number of rotatable bonds is 4. The normalized spacial score (nSPS) is 12.0. The van der Waals surface area contributed by atoms with E-state index in [0.29, 0.717) is 16.6 Å². The second-order valence-electron chi connectivity index (χ2n) is 5.90. The molecule has 0 aliphatic carbocycles. The van der Waals surface area contributed by atoms with E-state index in [4.69, 9.17) is 4.74 Å². The molecular weight excluding hydrogens is 372 g/mol. The van der Waals surface area contributed by atoms with E-state index in [0.717, 1.165) is 21.1 Å². The van der Waals surface area contributed by atoms with Gasteiger partial charge in [-0.05, 0) is 30.3 Å². The van der Waals surface area contributed by atoms with Crippen LogP contribution in [0.2, 0.25) is 0 Å². The minimum atomic E-state index is -3.32. The predicted molar refractivity (Wildman–Crippen MR) is 103 cm³/mol. The van der Waals surface area contributed by atoms with Crippen molar-refractivity contribution in [3.8, 4) is 5.75 Å². The molecule has 9 heteroatoms. The number of benzene rings is 2. The summed E-state index contributed by atoms with van der Waals surface area (Å²) in [5.74, 6) is 0.544. The molecule has 2 aromatic heterocycles. The Morgan fingerprint density at radius 3 is 2.77 bits per heavy atom. The molecule has 0 spiro atoms. The Morgan fingerprint density at radius 1 is 1.23 bits per heavy atom. The molecule has 0 radical (unpaired) electrons. The monoisotopic (exact) mass is 388 g/mol. The molecule has 26 heavy (non-hydrogen) atoms. The maximum Gasteiger partial charge on any atom is 0.188 e. The van der Waals surface area contributed by atoms with Crippen molar-refractivity contribution in [3.63, 3.8) is 0 Å². The third-order valence-electron chi connectivity index (χ3n) is 4.10. The van der Waals surface area contributed by atoms with Crippen molar-refractivity contribution in [3.05, 3.63) is 36.5 Å². The van der Waals surface area contributed by atoms with Crippen LogP contribution in [0.5, 0.6) is 5.75 Å². The SMILES string of the molecule is COc1ccc(S(C)(=O)=O)cc1Nc1nc2c(ccc3cnn(C)c32)s1. The fourth-order valence-corrected chi connectivity index (χ4v) is 4.36. The molecule has 0 fully saturated rings. The largest absolute Gasteiger partial charge is 0.495 e. The van der Waals surface area contributed by atoms with Gasteiger partial charge in [-0.3, -0.25) is 4.68 Å². The number of anilines is 2. The highest BCUT2D eigenvalue weighted by atomic mass is 32.2. The topological polar surface area (TPSA) is 86.1 Å². The molecular formula is C17H16N4O3S2. The minimum absolute atomic E-state index is 0.218. The first-order valence-corrected chi connectivity index (χ1v) is 10.4. The molecule has 0 aliphatic rings. The van der Waals surface area contributed by atoms with Gasteiger partial charge in [0.25, 0.3) is 0 Å². The Labute approximate surface area is 154 Å². The highest BCUT2D eigenvalue weighted by Crippen LogP contribution is 2.36. The second-order valence-corrected chi connectivity index (χ2v) is 8.94. The maximum atomic E-state index is 11.8. The molecule has 4 aromatic rings. The smallest absolute Gasteiger partial charge is 0.188 e. The summed E-state index contributed by atoms with van der Waals surface area (Å²) >= 11 is 1.48. The lowest BCUT2D eigenvalue weighted by molar-refractivity contribution is 0.416. The van der Waals surface area contributed by atoms with Crippen LogP contribution in [0.4, 0.5) is 10.8 Å². The average molecular weight is 388 g/mol. The Bertz CT molecular complexity index is 1240. The van der Waals surface area contributed by atoms with E-state index in [1.807, 2.05) is 19.2 Å². The summed E-state index contributed by atoms with van der Waals surface area (Å²) in [7, 11) is 0.103. The lowest BCUT2D eigenvalue weighted by Gasteiger charge is -2.10. The van der Waals surface area contributed by atoms with Crippen molar-refractivity contribution >= 4 is 53.1 Å². The number of methoxy groups -OCH3 is 1. The van der Waals surface area contributed by atoms with Crippen LogP contribution in [0, 0.1) is 0 Å². The van der Waals surface area contributed by atoms with Crippen LogP contribution in [0.25, 0.3) is 21.1 Å². The summed E-state index contributed by atoms with van der Waals surface area (Å²) < 4.78 is 31.8. The van der Waals surface area contributed by atoms with Gasteiger partial charge in [0.1, 0.15) is 11.3 Å². The highest BCUT2D eigenvalue weighted by Gasteiger charge is 2.15. The second kappa shape index (κ2) is 5.96. The first-order valence-electron chi connectivity index (χ1n) is 7.73. The van der Waals surface area contributed by atoms with Crippen molar-refractivity contribution in [2.45, 2.75) is 4.90 Å². The molecule has 0 atom stereocenters. The number of sulfone groups is 1. The Kier molecular flexibility index (Phi) is 3.85. The average Bonchev–Trinajstić information content (AvgIpc) is 3.16. The van der Waals surface area contributed by atoms with E-state index in [2.05, 4.69) is 15.4 Å². The van der Waals surface area contributed by atoms with Gasteiger partial charge in [0.15, 0.2) is 15.0 Å². The zero-order chi connectivity index (χ0) is 18.5.